The van der Waals surface area contributed by atoms with E-state index in [4.69, 9.17) is 4.74 Å². The van der Waals surface area contributed by atoms with Gasteiger partial charge in [-0.3, -0.25) is 9.59 Å². The smallest absolute Gasteiger partial charge is 0.315 e. The minimum atomic E-state index is -0.340. The lowest BCUT2D eigenvalue weighted by Gasteiger charge is -2.70. The van der Waals surface area contributed by atoms with Gasteiger partial charge in [0.2, 0.25) is 0 Å². The molecule has 9 atom stereocenters. The van der Waals surface area contributed by atoms with E-state index >= 15 is 0 Å². The number of fused-ring (bicyclic) bond motifs is 7. The van der Waals surface area contributed by atoms with E-state index in [1.165, 1.54) is 12.5 Å². The quantitative estimate of drug-likeness (QED) is 0.335. The molecule has 0 aliphatic heterocycles. The van der Waals surface area contributed by atoms with Gasteiger partial charge in [-0.1, -0.05) is 77.4 Å². The van der Waals surface area contributed by atoms with Crippen LogP contribution in [-0.4, -0.2) is 29.4 Å². The van der Waals surface area contributed by atoms with Gasteiger partial charge >= 0.3 is 12.0 Å². The van der Waals surface area contributed by atoms with Crippen LogP contribution in [0, 0.1) is 44.8 Å². The summed E-state index contributed by atoms with van der Waals surface area (Å²) in [7, 11) is 0. The maximum Gasteiger partial charge on any atom is 0.315 e. The Labute approximate surface area is 270 Å². The first-order valence-corrected chi connectivity index (χ1v) is 17.5. The Morgan fingerprint density at radius 3 is 2.27 bits per heavy atom. The number of rotatable bonds is 4. The van der Waals surface area contributed by atoms with Crippen molar-refractivity contribution in [2.45, 2.75) is 131 Å². The van der Waals surface area contributed by atoms with Crippen LogP contribution in [0.25, 0.3) is 0 Å². The van der Waals surface area contributed by atoms with Gasteiger partial charge < -0.3 is 15.4 Å². The first-order valence-electron chi connectivity index (χ1n) is 17.5. The number of amides is 2. The van der Waals surface area contributed by atoms with E-state index in [1.54, 1.807) is 0 Å². The van der Waals surface area contributed by atoms with Crippen LogP contribution in [0.5, 0.6) is 0 Å². The fourth-order valence-corrected chi connectivity index (χ4v) is 11.8. The molecule has 0 bridgehead atoms. The van der Waals surface area contributed by atoms with E-state index in [-0.39, 0.29) is 62.6 Å². The van der Waals surface area contributed by atoms with Crippen molar-refractivity contribution in [1.29, 1.82) is 0 Å². The van der Waals surface area contributed by atoms with Gasteiger partial charge in [-0.05, 0) is 110 Å². The minimum absolute atomic E-state index is 0.0451. The molecule has 1 unspecified atom stereocenters. The number of carbonyl (C=O) groups is 3. The summed E-state index contributed by atoms with van der Waals surface area (Å²) in [6.07, 6.45) is 10.9. The van der Waals surface area contributed by atoms with Crippen LogP contribution in [0.2, 0.25) is 0 Å². The number of ketones is 1. The zero-order valence-electron chi connectivity index (χ0n) is 29.0. The number of benzene rings is 1. The van der Waals surface area contributed by atoms with Crippen molar-refractivity contribution in [3.05, 3.63) is 47.5 Å². The normalized spacial score (nSPS) is 43.4. The van der Waals surface area contributed by atoms with Crippen LogP contribution in [0.1, 0.15) is 119 Å². The SMILES string of the molecule is CC(=O)OC1CC[C@]2(C)[C@H]3C(=O)C=C4[C@@H]5C[C@@](C)(NC(=O)NCc6ccccc6)CC[C@]5(C)CC[C@@]4(C)[C@]3(C)CC[C@H]2C1(C)C. The van der Waals surface area contributed by atoms with Crippen LogP contribution < -0.4 is 10.6 Å². The summed E-state index contributed by atoms with van der Waals surface area (Å²) in [4.78, 5) is 39.8. The second-order valence-electron chi connectivity index (χ2n) is 17.5. The maximum atomic E-state index is 14.7. The third kappa shape index (κ3) is 4.99. The first kappa shape index (κ1) is 32.3. The lowest BCUT2D eigenvalue weighted by molar-refractivity contribution is -0.210. The summed E-state index contributed by atoms with van der Waals surface area (Å²) in [6.45, 7) is 18.5. The molecule has 0 spiro atoms. The molecule has 4 fully saturated rings. The van der Waals surface area contributed by atoms with Crippen LogP contribution >= 0.6 is 0 Å². The lowest BCUT2D eigenvalue weighted by atomic mass is 9.33. The Bertz CT molecular complexity index is 1400. The van der Waals surface area contributed by atoms with E-state index < -0.39 is 0 Å². The number of ether oxygens (including phenoxy) is 1. The summed E-state index contributed by atoms with van der Waals surface area (Å²) >= 11 is 0. The minimum Gasteiger partial charge on any atom is -0.462 e. The van der Waals surface area contributed by atoms with Gasteiger partial charge in [-0.15, -0.1) is 0 Å². The second-order valence-corrected chi connectivity index (χ2v) is 17.5. The highest BCUT2D eigenvalue weighted by Crippen LogP contribution is 2.74. The van der Waals surface area contributed by atoms with Gasteiger partial charge in [-0.25, -0.2) is 4.79 Å². The van der Waals surface area contributed by atoms with Crippen LogP contribution in [0.15, 0.2) is 42.0 Å². The number of hydrogen-bond donors (Lipinski definition) is 2. The molecule has 1 aromatic rings. The van der Waals surface area contributed by atoms with Crippen LogP contribution in [-0.2, 0) is 20.9 Å². The van der Waals surface area contributed by atoms with Gasteiger partial charge in [0.15, 0.2) is 5.78 Å². The fraction of sp³-hybridized carbons (Fsp3) is 0.718. The summed E-state index contributed by atoms with van der Waals surface area (Å²) < 4.78 is 5.88. The largest absolute Gasteiger partial charge is 0.462 e. The van der Waals surface area contributed by atoms with E-state index in [1.807, 2.05) is 30.3 Å². The molecule has 0 saturated heterocycles. The zero-order valence-corrected chi connectivity index (χ0v) is 29.0. The third-order valence-electron chi connectivity index (χ3n) is 14.5. The topological polar surface area (TPSA) is 84.5 Å². The molecule has 246 valence electrons. The molecule has 0 radical (unpaired) electrons. The monoisotopic (exact) mass is 616 g/mol. The molecule has 2 amide bonds. The van der Waals surface area contributed by atoms with Gasteiger partial charge in [0.25, 0.3) is 0 Å². The molecule has 6 heteroatoms. The van der Waals surface area contributed by atoms with Crippen LogP contribution in [0.4, 0.5) is 4.79 Å². The fourth-order valence-electron chi connectivity index (χ4n) is 11.8. The standard InChI is InChI=1S/C39H56N2O4/c1-25(42)45-31-15-16-37(6)30(34(31,2)3)14-17-39(8)32(37)29(43)22-27-28-23-36(5,20-18-35(28,4)19-21-38(27,39)7)41-33(44)40-24-26-12-10-9-11-13-26/h9-13,22,28,30-32H,14-21,23-24H2,1-8H3,(H2,40,41,44)/t28-,30-,31?,32+,35+,36-,37-,38+,39+/m0/s1. The van der Waals surface area contributed by atoms with Gasteiger partial charge in [0.05, 0.1) is 0 Å². The predicted octanol–water partition coefficient (Wildman–Crippen LogP) is 8.15. The zero-order chi connectivity index (χ0) is 32.6. The van der Waals surface area contributed by atoms with Crippen molar-refractivity contribution in [3.63, 3.8) is 0 Å². The number of carbonyl (C=O) groups excluding carboxylic acids is 3. The molecular weight excluding hydrogens is 560 g/mol. The number of nitrogens with one attached hydrogen (secondary N) is 2. The van der Waals surface area contributed by atoms with Crippen molar-refractivity contribution in [2.75, 3.05) is 0 Å². The highest BCUT2D eigenvalue weighted by atomic mass is 16.5. The van der Waals surface area contributed by atoms with Crippen molar-refractivity contribution in [1.82, 2.24) is 10.6 Å². The van der Waals surface area contributed by atoms with Crippen molar-refractivity contribution in [2.24, 2.45) is 44.8 Å². The Morgan fingerprint density at radius 2 is 1.58 bits per heavy atom. The number of esters is 1. The Balaban J connectivity index is 1.28. The average molecular weight is 617 g/mol. The summed E-state index contributed by atoms with van der Waals surface area (Å²) in [5.74, 6) is 0.626. The first-order chi connectivity index (χ1) is 21.0. The molecule has 0 aromatic heterocycles. The van der Waals surface area contributed by atoms with E-state index in [0.29, 0.717) is 18.2 Å². The molecule has 45 heavy (non-hydrogen) atoms. The second kappa shape index (κ2) is 10.7. The predicted molar refractivity (Wildman–Crippen MR) is 177 cm³/mol. The molecule has 1 aromatic carbocycles. The summed E-state index contributed by atoms with van der Waals surface area (Å²) in [5, 5.41) is 6.44. The number of hydrogen-bond acceptors (Lipinski definition) is 4. The van der Waals surface area contributed by atoms with Crippen molar-refractivity contribution < 1.29 is 19.1 Å². The van der Waals surface area contributed by atoms with Gasteiger partial charge in [0.1, 0.15) is 6.10 Å². The Kier molecular flexibility index (Phi) is 7.69. The molecule has 5 aliphatic carbocycles. The van der Waals surface area contributed by atoms with E-state index in [0.717, 1.165) is 63.4 Å². The van der Waals surface area contributed by atoms with Crippen molar-refractivity contribution >= 4 is 17.8 Å². The Hall–Kier alpha value is -2.63. The molecule has 5 aliphatic rings. The molecular formula is C39H56N2O4. The van der Waals surface area contributed by atoms with Crippen molar-refractivity contribution in [3.8, 4) is 0 Å². The van der Waals surface area contributed by atoms with Gasteiger partial charge in [0, 0.05) is 30.3 Å². The maximum absolute atomic E-state index is 14.7. The Morgan fingerprint density at radius 1 is 0.889 bits per heavy atom. The summed E-state index contributed by atoms with van der Waals surface area (Å²) in [5.41, 5.74) is 1.68. The highest BCUT2D eigenvalue weighted by Gasteiger charge is 2.70. The number of urea groups is 1. The number of allylic oxidation sites excluding steroid dienone is 2. The molecule has 2 N–H and O–H groups in total. The molecule has 6 nitrogen and oxygen atoms in total. The van der Waals surface area contributed by atoms with E-state index in [2.05, 4.69) is 65.2 Å². The molecule has 6 rings (SSSR count). The molecule has 0 heterocycles. The third-order valence-corrected chi connectivity index (χ3v) is 14.5. The highest BCUT2D eigenvalue weighted by molar-refractivity contribution is 5.95. The molecule has 4 saturated carbocycles. The van der Waals surface area contributed by atoms with Crippen LogP contribution in [0.3, 0.4) is 0 Å². The van der Waals surface area contributed by atoms with Gasteiger partial charge in [-0.2, -0.15) is 0 Å². The van der Waals surface area contributed by atoms with E-state index in [9.17, 15) is 14.4 Å². The lowest BCUT2D eigenvalue weighted by Crippen LogP contribution is -2.67. The average Bonchev–Trinajstić information content (AvgIpc) is 2.96. The summed E-state index contributed by atoms with van der Waals surface area (Å²) in [6, 6.07) is 9.89.